The molecule has 94 valence electrons. The van der Waals surface area contributed by atoms with Crippen LogP contribution in [0, 0.1) is 0 Å². The molecule has 5 heteroatoms. The van der Waals surface area contributed by atoms with Crippen molar-refractivity contribution in [2.45, 2.75) is 19.4 Å². The third kappa shape index (κ3) is 3.94. The van der Waals surface area contributed by atoms with Crippen molar-refractivity contribution in [3.05, 3.63) is 24.0 Å². The SMILES string of the molecule is CN(C)C(C)(C)COc1ccc(C(N)=S)nc1. The number of nitrogens with zero attached hydrogens (tertiary/aromatic N) is 2. The van der Waals surface area contributed by atoms with Crippen LogP contribution in [0.3, 0.4) is 0 Å². The topological polar surface area (TPSA) is 51.4 Å². The van der Waals surface area contributed by atoms with Gasteiger partial charge in [0.05, 0.1) is 11.9 Å². The quantitative estimate of drug-likeness (QED) is 0.805. The maximum atomic E-state index is 5.68. The van der Waals surface area contributed by atoms with Crippen LogP contribution in [0.4, 0.5) is 0 Å². The molecule has 0 aliphatic rings. The van der Waals surface area contributed by atoms with Crippen LogP contribution < -0.4 is 10.5 Å². The number of hydrogen-bond acceptors (Lipinski definition) is 4. The summed E-state index contributed by atoms with van der Waals surface area (Å²) >= 11 is 4.83. The molecule has 0 radical (unpaired) electrons. The summed E-state index contributed by atoms with van der Waals surface area (Å²) in [5.74, 6) is 0.722. The molecule has 0 fully saturated rings. The number of likely N-dealkylation sites (N-methyl/N-ethyl adjacent to an activating group) is 1. The Bertz CT molecular complexity index is 387. The van der Waals surface area contributed by atoms with Crippen LogP contribution >= 0.6 is 12.2 Å². The molecule has 0 aliphatic heterocycles. The highest BCUT2D eigenvalue weighted by atomic mass is 32.1. The third-order valence-corrected chi connectivity index (χ3v) is 3.00. The van der Waals surface area contributed by atoms with Crippen LogP contribution in [0.1, 0.15) is 19.5 Å². The molecule has 0 aromatic carbocycles. The van der Waals surface area contributed by atoms with E-state index < -0.39 is 0 Å². The Morgan fingerprint density at radius 1 is 1.47 bits per heavy atom. The van der Waals surface area contributed by atoms with E-state index in [0.717, 1.165) is 5.75 Å². The zero-order chi connectivity index (χ0) is 13.1. The molecule has 0 saturated heterocycles. The smallest absolute Gasteiger partial charge is 0.137 e. The van der Waals surface area contributed by atoms with E-state index in [2.05, 4.69) is 23.7 Å². The van der Waals surface area contributed by atoms with Crippen LogP contribution in [0.2, 0.25) is 0 Å². The molecule has 0 aliphatic carbocycles. The van der Waals surface area contributed by atoms with Crippen LogP contribution in [-0.2, 0) is 0 Å². The van der Waals surface area contributed by atoms with Crippen molar-refractivity contribution >= 4 is 17.2 Å². The van der Waals surface area contributed by atoms with Gasteiger partial charge in [-0.05, 0) is 40.1 Å². The molecule has 0 unspecified atom stereocenters. The van der Waals surface area contributed by atoms with Gasteiger partial charge < -0.3 is 15.4 Å². The predicted octanol–water partition coefficient (Wildman–Crippen LogP) is 1.43. The van der Waals surface area contributed by atoms with Gasteiger partial charge in [-0.25, -0.2) is 4.98 Å². The van der Waals surface area contributed by atoms with E-state index in [9.17, 15) is 0 Å². The van der Waals surface area contributed by atoms with Gasteiger partial charge in [-0.2, -0.15) is 0 Å². The number of aromatic nitrogens is 1. The first kappa shape index (κ1) is 13.9. The molecule has 1 aromatic heterocycles. The van der Waals surface area contributed by atoms with Crippen molar-refractivity contribution in [1.29, 1.82) is 0 Å². The normalized spacial score (nSPS) is 11.6. The van der Waals surface area contributed by atoms with Gasteiger partial charge in [0.25, 0.3) is 0 Å². The average molecular weight is 253 g/mol. The second-order valence-corrected chi connectivity index (χ2v) is 5.18. The summed E-state index contributed by atoms with van der Waals surface area (Å²) in [4.78, 5) is 6.53. The summed E-state index contributed by atoms with van der Waals surface area (Å²) in [5.41, 5.74) is 6.05. The number of hydrogen-bond donors (Lipinski definition) is 1. The zero-order valence-electron chi connectivity index (χ0n) is 10.7. The van der Waals surface area contributed by atoms with Gasteiger partial charge in [-0.1, -0.05) is 12.2 Å². The molecule has 0 atom stereocenters. The summed E-state index contributed by atoms with van der Waals surface area (Å²) in [5, 5.41) is 0. The molecular weight excluding hydrogens is 234 g/mol. The minimum atomic E-state index is -0.0260. The highest BCUT2D eigenvalue weighted by molar-refractivity contribution is 7.80. The van der Waals surface area contributed by atoms with Crippen molar-refractivity contribution < 1.29 is 4.74 Å². The fraction of sp³-hybridized carbons (Fsp3) is 0.500. The van der Waals surface area contributed by atoms with E-state index in [-0.39, 0.29) is 5.54 Å². The first-order valence-electron chi connectivity index (χ1n) is 5.39. The lowest BCUT2D eigenvalue weighted by atomic mass is 10.1. The van der Waals surface area contributed by atoms with Crippen molar-refractivity contribution in [3.63, 3.8) is 0 Å². The Labute approximate surface area is 108 Å². The lowest BCUT2D eigenvalue weighted by molar-refractivity contribution is 0.114. The average Bonchev–Trinajstić information content (AvgIpc) is 2.27. The monoisotopic (exact) mass is 253 g/mol. The summed E-state index contributed by atoms with van der Waals surface area (Å²) in [6.07, 6.45) is 1.64. The van der Waals surface area contributed by atoms with E-state index in [4.69, 9.17) is 22.7 Å². The van der Waals surface area contributed by atoms with Gasteiger partial charge in [0, 0.05) is 5.54 Å². The molecular formula is C12H19N3OS. The number of ether oxygens (including phenoxy) is 1. The number of rotatable bonds is 5. The molecule has 2 N–H and O–H groups in total. The Morgan fingerprint density at radius 2 is 2.12 bits per heavy atom. The van der Waals surface area contributed by atoms with Gasteiger partial charge in [0.15, 0.2) is 0 Å². The van der Waals surface area contributed by atoms with Gasteiger partial charge in [-0.15, -0.1) is 0 Å². The lowest BCUT2D eigenvalue weighted by Crippen LogP contribution is -2.43. The Hall–Kier alpha value is -1.20. The lowest BCUT2D eigenvalue weighted by Gasteiger charge is -2.32. The minimum absolute atomic E-state index is 0.0260. The van der Waals surface area contributed by atoms with E-state index in [0.29, 0.717) is 17.3 Å². The van der Waals surface area contributed by atoms with Crippen LogP contribution in [0.25, 0.3) is 0 Å². The Kier molecular flexibility index (Phi) is 4.42. The minimum Gasteiger partial charge on any atom is -0.490 e. The third-order valence-electron chi connectivity index (χ3n) is 2.79. The fourth-order valence-electron chi connectivity index (χ4n) is 1.00. The van der Waals surface area contributed by atoms with E-state index in [1.807, 2.05) is 20.2 Å². The largest absolute Gasteiger partial charge is 0.490 e. The first-order valence-corrected chi connectivity index (χ1v) is 5.80. The highest BCUT2D eigenvalue weighted by Gasteiger charge is 2.21. The Morgan fingerprint density at radius 3 is 2.53 bits per heavy atom. The summed E-state index contributed by atoms with van der Waals surface area (Å²) < 4.78 is 5.68. The molecule has 0 amide bonds. The van der Waals surface area contributed by atoms with E-state index >= 15 is 0 Å². The Balaban J connectivity index is 2.62. The second kappa shape index (κ2) is 5.42. The first-order chi connectivity index (χ1) is 7.83. The number of nitrogens with two attached hydrogens (primary N) is 1. The van der Waals surface area contributed by atoms with Crippen molar-refractivity contribution in [1.82, 2.24) is 9.88 Å². The number of thiocarbonyl (C=S) groups is 1. The molecule has 0 spiro atoms. The molecule has 0 saturated carbocycles. The summed E-state index contributed by atoms with van der Waals surface area (Å²) in [6.45, 7) is 4.82. The standard InChI is InChI=1S/C12H19N3OS/c1-12(2,15(3)4)8-16-9-5-6-10(11(13)17)14-7-9/h5-7H,8H2,1-4H3,(H2,13,17). The second-order valence-electron chi connectivity index (χ2n) is 4.74. The van der Waals surface area contributed by atoms with E-state index in [1.54, 1.807) is 12.3 Å². The van der Waals surface area contributed by atoms with E-state index in [1.165, 1.54) is 0 Å². The highest BCUT2D eigenvalue weighted by Crippen LogP contribution is 2.15. The summed E-state index contributed by atoms with van der Waals surface area (Å²) in [7, 11) is 4.05. The van der Waals surface area contributed by atoms with Gasteiger partial charge in [0.1, 0.15) is 17.3 Å². The molecule has 17 heavy (non-hydrogen) atoms. The van der Waals surface area contributed by atoms with Crippen molar-refractivity contribution in [2.75, 3.05) is 20.7 Å². The molecule has 0 bridgehead atoms. The molecule has 1 heterocycles. The maximum absolute atomic E-state index is 5.68. The van der Waals surface area contributed by atoms with Crippen LogP contribution in [0.15, 0.2) is 18.3 Å². The fourth-order valence-corrected chi connectivity index (χ4v) is 1.12. The molecule has 1 rings (SSSR count). The van der Waals surface area contributed by atoms with Crippen LogP contribution in [0.5, 0.6) is 5.75 Å². The van der Waals surface area contributed by atoms with Crippen molar-refractivity contribution in [2.24, 2.45) is 5.73 Å². The summed E-state index contributed by atoms with van der Waals surface area (Å²) in [6, 6.07) is 3.59. The molecule has 1 aromatic rings. The van der Waals surface area contributed by atoms with Gasteiger partial charge in [0.2, 0.25) is 0 Å². The maximum Gasteiger partial charge on any atom is 0.137 e. The van der Waals surface area contributed by atoms with Crippen molar-refractivity contribution in [3.8, 4) is 5.75 Å². The van der Waals surface area contributed by atoms with Gasteiger partial charge in [-0.3, -0.25) is 0 Å². The predicted molar refractivity (Wildman–Crippen MR) is 73.4 cm³/mol. The number of pyridine rings is 1. The molecule has 4 nitrogen and oxygen atoms in total. The van der Waals surface area contributed by atoms with Gasteiger partial charge >= 0.3 is 0 Å². The van der Waals surface area contributed by atoms with Crippen LogP contribution in [-0.4, -0.2) is 41.1 Å². The zero-order valence-corrected chi connectivity index (χ0v) is 11.5.